The van der Waals surface area contributed by atoms with Crippen molar-refractivity contribution in [2.45, 2.75) is 123 Å². The molecule has 1 N–H and O–H groups in total. The number of carboxylic acids is 1. The van der Waals surface area contributed by atoms with Crippen LogP contribution in [-0.4, -0.2) is 35.7 Å². The average Bonchev–Trinajstić information content (AvgIpc) is 2.69. The van der Waals surface area contributed by atoms with Gasteiger partial charge in [0.25, 0.3) is 0 Å². The van der Waals surface area contributed by atoms with Crippen LogP contribution >= 0.6 is 0 Å². The second kappa shape index (κ2) is 19.7. The summed E-state index contributed by atoms with van der Waals surface area (Å²) in [6, 6.07) is 0. The SMILES string of the molecule is CCCCCCCCCC(=O)OC[C@@H](OC(=O)CCCCCCCCC)C(=O)O. The third kappa shape index (κ3) is 18.2. The van der Waals surface area contributed by atoms with Crippen molar-refractivity contribution in [3.8, 4) is 0 Å². The Labute approximate surface area is 176 Å². The molecule has 29 heavy (non-hydrogen) atoms. The molecule has 0 aromatic heterocycles. The van der Waals surface area contributed by atoms with E-state index >= 15 is 0 Å². The average molecular weight is 415 g/mol. The minimum Gasteiger partial charge on any atom is -0.478 e. The van der Waals surface area contributed by atoms with Crippen molar-refractivity contribution in [2.24, 2.45) is 0 Å². The number of carbonyl (C=O) groups is 3. The van der Waals surface area contributed by atoms with Gasteiger partial charge in [0, 0.05) is 12.8 Å². The summed E-state index contributed by atoms with van der Waals surface area (Å²) >= 11 is 0. The normalized spacial score (nSPS) is 11.8. The predicted molar refractivity (Wildman–Crippen MR) is 114 cm³/mol. The number of esters is 2. The molecule has 0 fully saturated rings. The van der Waals surface area contributed by atoms with Gasteiger partial charge in [-0.15, -0.1) is 0 Å². The summed E-state index contributed by atoms with van der Waals surface area (Å²) in [7, 11) is 0. The summed E-state index contributed by atoms with van der Waals surface area (Å²) in [4.78, 5) is 34.8. The summed E-state index contributed by atoms with van der Waals surface area (Å²) in [5.74, 6) is -2.27. The number of ether oxygens (including phenoxy) is 2. The van der Waals surface area contributed by atoms with Crippen LogP contribution in [0, 0.1) is 0 Å². The maximum absolute atomic E-state index is 11.8. The van der Waals surface area contributed by atoms with Crippen molar-refractivity contribution < 1.29 is 29.0 Å². The lowest BCUT2D eigenvalue weighted by atomic mass is 10.1. The van der Waals surface area contributed by atoms with Crippen LogP contribution in [0.15, 0.2) is 0 Å². The smallest absolute Gasteiger partial charge is 0.348 e. The summed E-state index contributed by atoms with van der Waals surface area (Å²) in [5, 5.41) is 9.18. The number of rotatable bonds is 20. The van der Waals surface area contributed by atoms with E-state index in [-0.39, 0.29) is 12.8 Å². The molecule has 0 amide bonds. The molecule has 0 radical (unpaired) electrons. The molecule has 0 heterocycles. The Morgan fingerprint density at radius 2 is 1.07 bits per heavy atom. The molecule has 0 aliphatic carbocycles. The van der Waals surface area contributed by atoms with Crippen LogP contribution in [0.2, 0.25) is 0 Å². The van der Waals surface area contributed by atoms with E-state index in [0.29, 0.717) is 6.42 Å². The Morgan fingerprint density at radius 3 is 1.52 bits per heavy atom. The molecule has 6 heteroatoms. The molecule has 0 saturated carbocycles. The van der Waals surface area contributed by atoms with Crippen LogP contribution in [0.25, 0.3) is 0 Å². The van der Waals surface area contributed by atoms with Crippen molar-refractivity contribution in [1.82, 2.24) is 0 Å². The van der Waals surface area contributed by atoms with E-state index in [1.54, 1.807) is 0 Å². The van der Waals surface area contributed by atoms with Crippen molar-refractivity contribution in [3.63, 3.8) is 0 Å². The fraction of sp³-hybridized carbons (Fsp3) is 0.870. The quantitative estimate of drug-likeness (QED) is 0.200. The highest BCUT2D eigenvalue weighted by Crippen LogP contribution is 2.11. The highest BCUT2D eigenvalue weighted by molar-refractivity contribution is 5.78. The predicted octanol–water partition coefficient (Wildman–Crippen LogP) is 5.81. The molecule has 0 aromatic rings. The number of carbonyl (C=O) groups excluding carboxylic acids is 2. The molecule has 6 nitrogen and oxygen atoms in total. The van der Waals surface area contributed by atoms with Gasteiger partial charge < -0.3 is 14.6 Å². The first-order valence-electron chi connectivity index (χ1n) is 11.6. The van der Waals surface area contributed by atoms with Crippen LogP contribution in [-0.2, 0) is 23.9 Å². The zero-order chi connectivity index (χ0) is 21.7. The number of hydrogen-bond donors (Lipinski definition) is 1. The first kappa shape index (κ1) is 27.4. The zero-order valence-corrected chi connectivity index (χ0v) is 18.6. The van der Waals surface area contributed by atoms with E-state index in [2.05, 4.69) is 13.8 Å². The van der Waals surface area contributed by atoms with E-state index < -0.39 is 30.6 Å². The topological polar surface area (TPSA) is 89.9 Å². The Hall–Kier alpha value is -1.59. The lowest BCUT2D eigenvalue weighted by Gasteiger charge is -2.14. The van der Waals surface area contributed by atoms with Crippen molar-refractivity contribution in [1.29, 1.82) is 0 Å². The molecule has 0 aliphatic heterocycles. The van der Waals surface area contributed by atoms with E-state index in [4.69, 9.17) is 9.47 Å². The van der Waals surface area contributed by atoms with Crippen LogP contribution in [0.3, 0.4) is 0 Å². The second-order valence-electron chi connectivity index (χ2n) is 7.74. The number of aliphatic carboxylic acids is 1. The number of unbranched alkanes of at least 4 members (excludes halogenated alkanes) is 12. The zero-order valence-electron chi connectivity index (χ0n) is 18.6. The first-order chi connectivity index (χ1) is 14.0. The van der Waals surface area contributed by atoms with Gasteiger partial charge in [-0.05, 0) is 12.8 Å². The molecule has 0 bridgehead atoms. The van der Waals surface area contributed by atoms with Crippen LogP contribution in [0.5, 0.6) is 0 Å². The Kier molecular flexibility index (Phi) is 18.6. The highest BCUT2D eigenvalue weighted by Gasteiger charge is 2.24. The third-order valence-electron chi connectivity index (χ3n) is 4.91. The van der Waals surface area contributed by atoms with E-state index in [9.17, 15) is 19.5 Å². The molecule has 0 rings (SSSR count). The van der Waals surface area contributed by atoms with E-state index in [1.165, 1.54) is 44.9 Å². The molecule has 0 aromatic carbocycles. The molecule has 0 unspecified atom stereocenters. The lowest BCUT2D eigenvalue weighted by molar-refractivity contribution is -0.171. The lowest BCUT2D eigenvalue weighted by Crippen LogP contribution is -2.32. The van der Waals surface area contributed by atoms with Gasteiger partial charge in [0.1, 0.15) is 6.61 Å². The Morgan fingerprint density at radius 1 is 0.655 bits per heavy atom. The summed E-state index contributed by atoms with van der Waals surface area (Å²) in [5.41, 5.74) is 0. The van der Waals surface area contributed by atoms with Crippen molar-refractivity contribution in [3.05, 3.63) is 0 Å². The minimum absolute atomic E-state index is 0.198. The van der Waals surface area contributed by atoms with Crippen LogP contribution < -0.4 is 0 Å². The van der Waals surface area contributed by atoms with E-state index in [1.807, 2.05) is 0 Å². The molecule has 0 saturated heterocycles. The Bertz CT molecular complexity index is 435. The van der Waals surface area contributed by atoms with Gasteiger partial charge in [-0.3, -0.25) is 9.59 Å². The monoisotopic (exact) mass is 414 g/mol. The molecule has 1 atom stereocenters. The van der Waals surface area contributed by atoms with Crippen LogP contribution in [0.1, 0.15) is 117 Å². The van der Waals surface area contributed by atoms with Crippen molar-refractivity contribution >= 4 is 17.9 Å². The van der Waals surface area contributed by atoms with Gasteiger partial charge in [-0.25, -0.2) is 4.79 Å². The van der Waals surface area contributed by atoms with Gasteiger partial charge in [-0.1, -0.05) is 90.9 Å². The van der Waals surface area contributed by atoms with Gasteiger partial charge >= 0.3 is 17.9 Å². The minimum atomic E-state index is -1.43. The summed E-state index contributed by atoms with van der Waals surface area (Å²) in [6.45, 7) is 3.92. The van der Waals surface area contributed by atoms with E-state index in [0.717, 1.165) is 38.5 Å². The van der Waals surface area contributed by atoms with Crippen LogP contribution in [0.4, 0.5) is 0 Å². The molecule has 0 spiro atoms. The molecular formula is C23H42O6. The largest absolute Gasteiger partial charge is 0.478 e. The molecular weight excluding hydrogens is 372 g/mol. The fourth-order valence-corrected chi connectivity index (χ4v) is 3.07. The maximum atomic E-state index is 11.8. The number of carboxylic acid groups (broad SMARTS) is 1. The van der Waals surface area contributed by atoms with Gasteiger partial charge in [0.15, 0.2) is 0 Å². The Balaban J connectivity index is 3.85. The third-order valence-corrected chi connectivity index (χ3v) is 4.91. The van der Waals surface area contributed by atoms with Gasteiger partial charge in [0.05, 0.1) is 0 Å². The summed E-state index contributed by atoms with van der Waals surface area (Å²) < 4.78 is 9.97. The summed E-state index contributed by atoms with van der Waals surface area (Å²) in [6.07, 6.45) is 14.2. The van der Waals surface area contributed by atoms with Gasteiger partial charge in [0.2, 0.25) is 6.10 Å². The molecule has 0 aliphatic rings. The van der Waals surface area contributed by atoms with Gasteiger partial charge in [-0.2, -0.15) is 0 Å². The number of hydrogen-bond acceptors (Lipinski definition) is 5. The second-order valence-corrected chi connectivity index (χ2v) is 7.74. The standard InChI is InChI=1S/C23H42O6/c1-3-5-7-9-11-13-15-17-21(24)28-19-20(23(26)27)29-22(25)18-16-14-12-10-8-6-4-2/h20H,3-19H2,1-2H3,(H,26,27)/t20-/m1/s1. The highest BCUT2D eigenvalue weighted by atomic mass is 16.6. The van der Waals surface area contributed by atoms with Crippen molar-refractivity contribution in [2.75, 3.05) is 6.61 Å². The molecule has 170 valence electrons. The maximum Gasteiger partial charge on any atom is 0.348 e. The first-order valence-corrected chi connectivity index (χ1v) is 11.6. The fourth-order valence-electron chi connectivity index (χ4n) is 3.07.